The zero-order valence-electron chi connectivity index (χ0n) is 15.3. The van der Waals surface area contributed by atoms with Gasteiger partial charge in [-0.15, -0.1) is 0 Å². The van der Waals surface area contributed by atoms with E-state index in [4.69, 9.17) is 9.84 Å². The second kappa shape index (κ2) is 18.2. The summed E-state index contributed by atoms with van der Waals surface area (Å²) in [6, 6.07) is 0. The van der Waals surface area contributed by atoms with Crippen LogP contribution in [0, 0.1) is 0 Å². The Bertz CT molecular complexity index is 300. The van der Waals surface area contributed by atoms with Gasteiger partial charge in [0.25, 0.3) is 0 Å². The Morgan fingerprint density at radius 3 is 1.86 bits per heavy atom. The maximum Gasteiger partial charge on any atom is 2.00 e. The molecular weight excluding hydrogens is 344 g/mol. The maximum atomic E-state index is 11.0. The molecule has 5 heteroatoms. The summed E-state index contributed by atoms with van der Waals surface area (Å²) in [6.07, 6.45) is 14.0. The van der Waals surface area contributed by atoms with Gasteiger partial charge >= 0.3 is 57.4 Å². The van der Waals surface area contributed by atoms with E-state index in [9.17, 15) is 9.59 Å². The number of carboxylic acids is 1. The van der Waals surface area contributed by atoms with E-state index in [1.807, 2.05) is 0 Å². The van der Waals surface area contributed by atoms with Gasteiger partial charge in [-0.2, -0.15) is 0 Å². The van der Waals surface area contributed by atoms with Crippen LogP contribution in [-0.2, 0) is 14.3 Å². The van der Waals surface area contributed by atoms with Crippen molar-refractivity contribution in [3.63, 3.8) is 0 Å². The first-order valence-electron chi connectivity index (χ1n) is 7.74. The summed E-state index contributed by atoms with van der Waals surface area (Å²) in [5, 5.41) is 8.33. The van der Waals surface area contributed by atoms with E-state index in [-0.39, 0.29) is 48.3 Å². The number of hydrogen-bond acceptors (Lipinski definition) is 3. The molecule has 0 fully saturated rings. The molecule has 0 aliphatic rings. The van der Waals surface area contributed by atoms with Gasteiger partial charge in [-0.1, -0.05) is 64.7 Å². The first-order valence-corrected chi connectivity index (χ1v) is 7.74. The summed E-state index contributed by atoms with van der Waals surface area (Å²) in [5.74, 6) is -1.72. The standard InChI is InChI=1S/C16H28O4.Sr.2H/c1-2-3-4-5-6-7-8-9-10-11-14-20-16(19)13-12-15(17)18;;;/h12-13H,2-11,14H2,1H3,(H,17,18);;;/q;+2;2*-1. The first kappa shape index (κ1) is 23.4. The smallest absolute Gasteiger partial charge is 1.00 e. The summed E-state index contributed by atoms with van der Waals surface area (Å²) < 4.78 is 4.88. The van der Waals surface area contributed by atoms with Gasteiger partial charge in [-0.3, -0.25) is 0 Å². The number of carbonyl (C=O) groups is 2. The first-order chi connectivity index (χ1) is 9.66. The largest absolute Gasteiger partial charge is 2.00 e. The van der Waals surface area contributed by atoms with Gasteiger partial charge < -0.3 is 12.7 Å². The number of unbranched alkanes of at least 4 members (excludes halogenated alkanes) is 9. The predicted octanol–water partition coefficient (Wildman–Crippen LogP) is 3.94. The van der Waals surface area contributed by atoms with E-state index in [0.29, 0.717) is 6.61 Å². The second-order valence-corrected chi connectivity index (χ2v) is 5.02. The Kier molecular flexibility index (Phi) is 20.3. The van der Waals surface area contributed by atoms with Crippen molar-refractivity contribution >= 4 is 57.4 Å². The quantitative estimate of drug-likeness (QED) is 0.230. The van der Waals surface area contributed by atoms with Crippen molar-refractivity contribution in [1.29, 1.82) is 0 Å². The molecule has 1 N–H and O–H groups in total. The monoisotopic (exact) mass is 374 g/mol. The maximum absolute atomic E-state index is 11.0. The van der Waals surface area contributed by atoms with E-state index < -0.39 is 11.9 Å². The number of ether oxygens (including phenoxy) is 1. The molecule has 0 heterocycles. The van der Waals surface area contributed by atoms with Crippen molar-refractivity contribution in [1.82, 2.24) is 0 Å². The molecule has 120 valence electrons. The number of esters is 1. The van der Waals surface area contributed by atoms with Gasteiger partial charge in [-0.25, -0.2) is 9.59 Å². The Labute approximate surface area is 168 Å². The minimum atomic E-state index is -1.14. The average molecular weight is 374 g/mol. The molecular formula is C16H30O4Sr. The fraction of sp³-hybridized carbons (Fsp3) is 0.750. The molecule has 0 amide bonds. The topological polar surface area (TPSA) is 63.6 Å². The second-order valence-electron chi connectivity index (χ2n) is 5.02. The van der Waals surface area contributed by atoms with Crippen LogP contribution in [0.3, 0.4) is 0 Å². The Morgan fingerprint density at radius 1 is 0.905 bits per heavy atom. The summed E-state index contributed by atoms with van der Waals surface area (Å²) >= 11 is 0. The fourth-order valence-electron chi connectivity index (χ4n) is 1.95. The molecule has 0 aliphatic carbocycles. The van der Waals surface area contributed by atoms with Crippen LogP contribution in [0.1, 0.15) is 74.0 Å². The summed E-state index contributed by atoms with van der Waals surface area (Å²) in [7, 11) is 0. The van der Waals surface area contributed by atoms with Gasteiger partial charge in [0.05, 0.1) is 6.61 Å². The third-order valence-corrected chi connectivity index (χ3v) is 3.10. The number of carbonyl (C=O) groups excluding carboxylic acids is 1. The van der Waals surface area contributed by atoms with Crippen LogP contribution in [0.15, 0.2) is 12.2 Å². The molecule has 0 radical (unpaired) electrons. The van der Waals surface area contributed by atoms with Crippen molar-refractivity contribution in [2.24, 2.45) is 0 Å². The molecule has 0 atom stereocenters. The van der Waals surface area contributed by atoms with Crippen molar-refractivity contribution in [2.75, 3.05) is 6.61 Å². The van der Waals surface area contributed by atoms with Gasteiger partial charge in [0, 0.05) is 12.2 Å². The van der Waals surface area contributed by atoms with Crippen molar-refractivity contribution < 1.29 is 22.3 Å². The fourth-order valence-corrected chi connectivity index (χ4v) is 1.95. The van der Waals surface area contributed by atoms with Crippen molar-refractivity contribution in [2.45, 2.75) is 71.1 Å². The molecule has 0 aromatic rings. The third kappa shape index (κ3) is 20.2. The Balaban J connectivity index is -0.000000602. The van der Waals surface area contributed by atoms with E-state index in [2.05, 4.69) is 6.92 Å². The molecule has 0 aromatic carbocycles. The van der Waals surface area contributed by atoms with Crippen LogP contribution in [0.25, 0.3) is 0 Å². The summed E-state index contributed by atoms with van der Waals surface area (Å²) in [5.41, 5.74) is 0. The van der Waals surface area contributed by atoms with Crippen molar-refractivity contribution in [3.8, 4) is 0 Å². The van der Waals surface area contributed by atoms with E-state index in [1.54, 1.807) is 0 Å². The molecule has 0 spiro atoms. The number of carboxylic acid groups (broad SMARTS) is 1. The molecule has 0 aliphatic heterocycles. The molecule has 4 nitrogen and oxygen atoms in total. The van der Waals surface area contributed by atoms with Crippen LogP contribution >= 0.6 is 0 Å². The predicted molar refractivity (Wildman–Crippen MR) is 87.6 cm³/mol. The SMILES string of the molecule is CCCCCCCCCCCCOC(=O)C=CC(=O)O.[H-].[H-].[Sr+2]. The normalized spacial score (nSPS) is 10.3. The minimum Gasteiger partial charge on any atom is -1.00 e. The van der Waals surface area contributed by atoms with Gasteiger partial charge in [0.2, 0.25) is 0 Å². The number of aliphatic carboxylic acids is 1. The van der Waals surface area contributed by atoms with Gasteiger partial charge in [-0.05, 0) is 6.42 Å². The molecule has 0 bridgehead atoms. The average Bonchev–Trinajstić information content (AvgIpc) is 2.42. The minimum absolute atomic E-state index is 0. The van der Waals surface area contributed by atoms with E-state index in [1.165, 1.54) is 51.4 Å². The third-order valence-electron chi connectivity index (χ3n) is 3.10. The molecule has 0 rings (SSSR count). The van der Waals surface area contributed by atoms with Gasteiger partial charge in [0.15, 0.2) is 0 Å². The number of hydrogen-bond donors (Lipinski definition) is 1. The Hall–Kier alpha value is 0.161. The van der Waals surface area contributed by atoms with E-state index >= 15 is 0 Å². The molecule has 0 unspecified atom stereocenters. The molecule has 0 saturated heterocycles. The molecule has 0 saturated carbocycles. The molecule has 21 heavy (non-hydrogen) atoms. The summed E-state index contributed by atoms with van der Waals surface area (Å²) in [6.45, 7) is 2.60. The van der Waals surface area contributed by atoms with Crippen LogP contribution in [-0.4, -0.2) is 69.1 Å². The van der Waals surface area contributed by atoms with Crippen LogP contribution in [0.2, 0.25) is 0 Å². The molecule has 0 aromatic heterocycles. The van der Waals surface area contributed by atoms with Crippen LogP contribution in [0.5, 0.6) is 0 Å². The zero-order chi connectivity index (χ0) is 15.1. The Morgan fingerprint density at radius 2 is 1.38 bits per heavy atom. The van der Waals surface area contributed by atoms with Crippen LogP contribution in [0.4, 0.5) is 0 Å². The zero-order valence-corrected chi connectivity index (χ0v) is 16.8. The van der Waals surface area contributed by atoms with Gasteiger partial charge in [0.1, 0.15) is 0 Å². The van der Waals surface area contributed by atoms with E-state index in [0.717, 1.165) is 25.0 Å². The number of rotatable bonds is 13. The van der Waals surface area contributed by atoms with Crippen LogP contribution < -0.4 is 0 Å². The van der Waals surface area contributed by atoms with Crippen molar-refractivity contribution in [3.05, 3.63) is 12.2 Å². The summed E-state index contributed by atoms with van der Waals surface area (Å²) in [4.78, 5) is 21.2.